The lowest BCUT2D eigenvalue weighted by atomic mass is 9.82. The molecule has 4 aromatic carbocycles. The summed E-state index contributed by atoms with van der Waals surface area (Å²) >= 11 is 6.72. The number of aliphatic hydroxyl groups is 5. The van der Waals surface area contributed by atoms with Crippen LogP contribution in [0.15, 0.2) is 103 Å². The van der Waals surface area contributed by atoms with E-state index >= 15 is 4.79 Å². The fraction of sp³-hybridized carbons (Fsp3) is 0.391. The Hall–Kier alpha value is -5.01. The van der Waals surface area contributed by atoms with E-state index in [0.717, 1.165) is 16.9 Å². The third-order valence-corrected chi connectivity index (χ3v) is 17.7. The molecule has 3 aliphatic heterocycles. The van der Waals surface area contributed by atoms with E-state index in [2.05, 4.69) is 47.8 Å². The lowest BCUT2D eigenvalue weighted by Gasteiger charge is -2.37. The van der Waals surface area contributed by atoms with Gasteiger partial charge in [0.1, 0.15) is 24.1 Å². The lowest BCUT2D eigenvalue weighted by Crippen LogP contribution is -2.60. The van der Waals surface area contributed by atoms with Crippen molar-refractivity contribution in [2.75, 3.05) is 23.9 Å². The number of anilines is 2. The molecule has 0 radical (unpaired) electrons. The number of benzene rings is 4. The number of aliphatic hydroxyl groups excluding tert-OH is 5. The van der Waals surface area contributed by atoms with Crippen molar-refractivity contribution in [3.8, 4) is 5.75 Å². The molecule has 5 aromatic rings. The van der Waals surface area contributed by atoms with Gasteiger partial charge in [0.15, 0.2) is 18.0 Å². The number of methoxy groups -OCH3 is 1. The number of ether oxygens (including phenoxy) is 3. The molecule has 6 N–H and O–H groups in total. The predicted molar refractivity (Wildman–Crippen MR) is 236 cm³/mol. The topological polar surface area (TPSA) is 209 Å². The van der Waals surface area contributed by atoms with E-state index in [1.807, 2.05) is 60.8 Å². The monoisotopic (exact) mass is 897 g/mol. The van der Waals surface area contributed by atoms with Crippen molar-refractivity contribution in [3.63, 3.8) is 0 Å². The molecule has 0 aliphatic carbocycles. The molecule has 17 heteroatoms. The molecule has 63 heavy (non-hydrogen) atoms. The number of fused-ring (bicyclic) bond motifs is 2. The highest BCUT2D eigenvalue weighted by Gasteiger charge is 2.66. The minimum Gasteiger partial charge on any atom is -0.497 e. The van der Waals surface area contributed by atoms with Crippen LogP contribution in [0.2, 0.25) is 23.7 Å². The van der Waals surface area contributed by atoms with Crippen LogP contribution in [0, 0.1) is 5.92 Å². The van der Waals surface area contributed by atoms with E-state index in [9.17, 15) is 30.3 Å². The average molecular weight is 898 g/mol. The second kappa shape index (κ2) is 17.9. The van der Waals surface area contributed by atoms with Gasteiger partial charge in [-0.25, -0.2) is 0 Å². The molecule has 10 atom stereocenters. The number of aromatic nitrogens is 3. The minimum atomic E-state index is -2.47. The molecule has 4 heterocycles. The van der Waals surface area contributed by atoms with E-state index in [1.54, 1.807) is 47.0 Å². The van der Waals surface area contributed by atoms with Crippen LogP contribution in [0.1, 0.15) is 41.6 Å². The van der Waals surface area contributed by atoms with Gasteiger partial charge in [0.2, 0.25) is 0 Å². The number of halogens is 1. The smallest absolute Gasteiger partial charge is 0.264 e. The summed E-state index contributed by atoms with van der Waals surface area (Å²) in [5.41, 5.74) is 2.62. The van der Waals surface area contributed by atoms with Gasteiger partial charge in [-0.3, -0.25) is 14.3 Å². The third kappa shape index (κ3) is 8.20. The molecule has 332 valence electrons. The number of nitrogens with one attached hydrogen (secondary N) is 1. The molecule has 0 saturated carbocycles. The zero-order valence-corrected chi connectivity index (χ0v) is 37.0. The molecular weight excluding hydrogens is 846 g/mol. The first-order chi connectivity index (χ1) is 30.2. The second-order valence-corrected chi connectivity index (χ2v) is 22.3. The quantitative estimate of drug-likeness (QED) is 0.0937. The van der Waals surface area contributed by atoms with Crippen LogP contribution in [0.5, 0.6) is 5.75 Å². The molecule has 8 rings (SSSR count). The first-order valence-corrected chi connectivity index (χ1v) is 24.4. The Bertz CT molecular complexity index is 2420. The van der Waals surface area contributed by atoms with Crippen LogP contribution in [-0.2, 0) is 37.8 Å². The van der Waals surface area contributed by atoms with Crippen LogP contribution in [0.3, 0.4) is 0 Å². The molecule has 1 unspecified atom stereocenters. The van der Waals surface area contributed by atoms with E-state index in [0.29, 0.717) is 40.6 Å². The van der Waals surface area contributed by atoms with Gasteiger partial charge in [-0.15, -0.1) is 5.10 Å². The van der Waals surface area contributed by atoms with Crippen molar-refractivity contribution in [2.24, 2.45) is 5.92 Å². The third-order valence-electron chi connectivity index (χ3n) is 13.1. The summed E-state index contributed by atoms with van der Waals surface area (Å²) in [6.45, 7) is 7.24. The molecule has 0 bridgehead atoms. The average Bonchev–Trinajstić information content (AvgIpc) is 3.94. The highest BCUT2D eigenvalue weighted by molar-refractivity contribution is 6.91. The molecule has 1 spiro atoms. The summed E-state index contributed by atoms with van der Waals surface area (Å²) in [7, 11) is -0.833. The normalized spacial score (nSPS) is 27.4. The number of aryl methyl sites for hydroxylation is 1. The van der Waals surface area contributed by atoms with Gasteiger partial charge in [0.05, 0.1) is 51.7 Å². The Morgan fingerprint density at radius 2 is 1.68 bits per heavy atom. The van der Waals surface area contributed by atoms with Crippen LogP contribution in [-0.4, -0.2) is 111 Å². The SMILES string of the molecule is COc1ccc([Si](C)(C)[C@H]2[C@H](CCn3cc(C(CO)c4ccccc4)nn3)O[C@@]3(C(=O)N(Cc4ccc(NC(=O)[C@H]5O[C@@H](O)[C@H](O)[C@@H](O)[C@@H]5O)cc4)c4ccc(Cl)cc43)[C@@H]2C)cc1. The van der Waals surface area contributed by atoms with Crippen LogP contribution >= 0.6 is 11.6 Å². The van der Waals surface area contributed by atoms with Crippen LogP contribution in [0.25, 0.3) is 0 Å². The fourth-order valence-electron chi connectivity index (χ4n) is 9.78. The van der Waals surface area contributed by atoms with E-state index in [4.69, 9.17) is 25.8 Å². The number of carbonyl (C=O) groups is 2. The first-order valence-electron chi connectivity index (χ1n) is 21.0. The maximum absolute atomic E-state index is 15.3. The number of hydrogen-bond acceptors (Lipinski definition) is 12. The number of rotatable bonds is 13. The largest absolute Gasteiger partial charge is 0.497 e. The van der Waals surface area contributed by atoms with E-state index < -0.39 is 50.3 Å². The zero-order valence-electron chi connectivity index (χ0n) is 35.3. The number of nitrogens with zero attached hydrogens (tertiary/aromatic N) is 4. The fourth-order valence-corrected chi connectivity index (χ4v) is 14.0. The van der Waals surface area contributed by atoms with Crippen molar-refractivity contribution in [2.45, 2.75) is 93.4 Å². The van der Waals surface area contributed by atoms with Crippen LogP contribution < -0.4 is 20.1 Å². The maximum Gasteiger partial charge on any atom is 0.264 e. The van der Waals surface area contributed by atoms with E-state index in [1.165, 1.54) is 5.19 Å². The zero-order chi connectivity index (χ0) is 44.8. The Labute approximate surface area is 370 Å². The number of amides is 2. The summed E-state index contributed by atoms with van der Waals surface area (Å²) in [6.07, 6.45) is -6.81. The summed E-state index contributed by atoms with van der Waals surface area (Å²) in [5, 5.41) is 63.6. The van der Waals surface area contributed by atoms with Crippen molar-refractivity contribution >= 4 is 48.1 Å². The van der Waals surface area contributed by atoms with Gasteiger partial charge in [-0.1, -0.05) is 96.6 Å². The molecule has 15 nitrogen and oxygen atoms in total. The Morgan fingerprint density at radius 1 is 0.968 bits per heavy atom. The summed E-state index contributed by atoms with van der Waals surface area (Å²) in [5.74, 6) is -0.909. The Balaban J connectivity index is 1.07. The second-order valence-electron chi connectivity index (χ2n) is 17.2. The van der Waals surface area contributed by atoms with Crippen LogP contribution in [0.4, 0.5) is 11.4 Å². The van der Waals surface area contributed by atoms with Gasteiger partial charge in [-0.05, 0) is 65.6 Å². The van der Waals surface area contributed by atoms with Crippen molar-refractivity contribution in [1.82, 2.24) is 15.0 Å². The van der Waals surface area contributed by atoms with Crippen molar-refractivity contribution < 1.29 is 49.3 Å². The lowest BCUT2D eigenvalue weighted by molar-refractivity contribution is -0.274. The summed E-state index contributed by atoms with van der Waals surface area (Å²) in [4.78, 5) is 30.0. The van der Waals surface area contributed by atoms with Gasteiger partial charge < -0.3 is 50.0 Å². The van der Waals surface area contributed by atoms with Gasteiger partial charge >= 0.3 is 0 Å². The molecule has 2 saturated heterocycles. The van der Waals surface area contributed by atoms with Crippen molar-refractivity contribution in [1.29, 1.82) is 0 Å². The Morgan fingerprint density at radius 3 is 2.37 bits per heavy atom. The standard InChI is InChI=1S/C46H52ClN5O10Si/c1-26-42(63(3,4)32-17-15-31(60-2)16-18-32)37(20-21-51-24-35(49-50-51)33(25-53)28-8-6-5-7-9-28)62-46(26)34-22-29(47)12-19-36(34)52(45(46)59)23-27-10-13-30(14-11-27)48-43(57)41-39(55)38(54)40(56)44(58)61-41/h5-19,22,24,26,33,37-42,44,53-56,58H,20-21,23,25H2,1-4H3,(H,48,57)/t26-,33?,37+,38+,39+,40-,41+,42-,44-,46+/m1/s1. The van der Waals surface area contributed by atoms with Gasteiger partial charge in [0.25, 0.3) is 11.8 Å². The molecule has 2 amide bonds. The van der Waals surface area contributed by atoms with Gasteiger partial charge in [0, 0.05) is 34.9 Å². The molecule has 2 fully saturated rings. The number of carbonyl (C=O) groups excluding carboxylic acids is 2. The molecule has 3 aliphatic rings. The van der Waals surface area contributed by atoms with E-state index in [-0.39, 0.29) is 42.5 Å². The maximum atomic E-state index is 15.3. The molecule has 1 aromatic heterocycles. The highest BCUT2D eigenvalue weighted by atomic mass is 35.5. The number of hydrogen-bond donors (Lipinski definition) is 6. The summed E-state index contributed by atoms with van der Waals surface area (Å²) in [6, 6.07) is 30.1. The molecular formula is C46H52ClN5O10Si. The van der Waals surface area contributed by atoms with Crippen molar-refractivity contribution in [3.05, 3.63) is 131 Å². The Kier molecular flexibility index (Phi) is 12.6. The first kappa shape index (κ1) is 44.6. The van der Waals surface area contributed by atoms with Gasteiger partial charge in [-0.2, -0.15) is 0 Å². The summed E-state index contributed by atoms with van der Waals surface area (Å²) < 4.78 is 19.6. The minimum absolute atomic E-state index is 0.0563. The highest BCUT2D eigenvalue weighted by Crippen LogP contribution is 2.60. The predicted octanol–water partition coefficient (Wildman–Crippen LogP) is 3.66.